The highest BCUT2D eigenvalue weighted by atomic mass is 35.5. The molecular weight excluding hydrogens is 224 g/mol. The van der Waals surface area contributed by atoms with Gasteiger partial charge in [0.15, 0.2) is 0 Å². The van der Waals surface area contributed by atoms with Crippen molar-refractivity contribution < 1.29 is 5.11 Å². The van der Waals surface area contributed by atoms with E-state index in [1.54, 1.807) is 0 Å². The fourth-order valence-corrected chi connectivity index (χ4v) is 2.27. The van der Waals surface area contributed by atoms with Crippen molar-refractivity contribution in [3.8, 4) is 0 Å². The molecule has 84 valence electrons. The molecule has 3 rings (SSSR count). The fourth-order valence-electron chi connectivity index (χ4n) is 2.02. The summed E-state index contributed by atoms with van der Waals surface area (Å²) in [4.78, 5) is 0. The quantitative estimate of drug-likeness (QED) is 0.890. The summed E-state index contributed by atoms with van der Waals surface area (Å²) in [5, 5.41) is 15.4. The van der Waals surface area contributed by atoms with Crippen molar-refractivity contribution in [2.75, 3.05) is 6.61 Å². The Morgan fingerprint density at radius 1 is 1.44 bits per heavy atom. The summed E-state index contributed by atoms with van der Waals surface area (Å²) in [6, 6.07) is 4.40. The van der Waals surface area contributed by atoms with Crippen molar-refractivity contribution >= 4 is 22.5 Å². The molecule has 0 saturated heterocycles. The Bertz CT molecular complexity index is 531. The van der Waals surface area contributed by atoms with Crippen LogP contribution in [0.25, 0.3) is 10.9 Å². The summed E-state index contributed by atoms with van der Waals surface area (Å²) in [7, 11) is 0. The van der Waals surface area contributed by atoms with E-state index in [1.165, 1.54) is 12.8 Å². The van der Waals surface area contributed by atoms with Crippen LogP contribution in [-0.2, 0) is 6.42 Å². The third-order valence-corrected chi connectivity index (χ3v) is 3.19. The number of hydrogen-bond acceptors (Lipinski definition) is 2. The number of fused-ring (bicyclic) bond motifs is 1. The van der Waals surface area contributed by atoms with Crippen molar-refractivity contribution in [2.45, 2.75) is 25.3 Å². The van der Waals surface area contributed by atoms with E-state index < -0.39 is 0 Å². The number of rotatable bonds is 3. The second-order valence-electron chi connectivity index (χ2n) is 4.32. The predicted molar refractivity (Wildman–Crippen MR) is 63.8 cm³/mol. The number of benzene rings is 1. The van der Waals surface area contributed by atoms with Gasteiger partial charge in [-0.15, -0.1) is 0 Å². The van der Waals surface area contributed by atoms with Crippen molar-refractivity contribution in [1.82, 2.24) is 9.78 Å². The third-order valence-electron chi connectivity index (χ3n) is 2.97. The summed E-state index contributed by atoms with van der Waals surface area (Å²) in [5.41, 5.74) is 2.01. The van der Waals surface area contributed by atoms with Crippen LogP contribution in [0.2, 0.25) is 5.02 Å². The maximum absolute atomic E-state index is 9.02. The van der Waals surface area contributed by atoms with Crippen LogP contribution in [0.1, 0.15) is 24.4 Å². The molecule has 0 amide bonds. The highest BCUT2D eigenvalue weighted by Gasteiger charge is 2.24. The molecule has 4 heteroatoms. The van der Waals surface area contributed by atoms with Crippen LogP contribution in [0, 0.1) is 0 Å². The fraction of sp³-hybridized carbons (Fsp3) is 0.417. The van der Waals surface area contributed by atoms with Gasteiger partial charge in [0.25, 0.3) is 0 Å². The van der Waals surface area contributed by atoms with Gasteiger partial charge in [-0.2, -0.15) is 5.10 Å². The molecule has 0 unspecified atom stereocenters. The van der Waals surface area contributed by atoms with Crippen LogP contribution >= 0.6 is 11.6 Å². The number of aliphatic hydroxyl groups excluding tert-OH is 1. The minimum absolute atomic E-state index is 0.131. The van der Waals surface area contributed by atoms with Gasteiger partial charge in [0.05, 0.1) is 11.6 Å². The standard InChI is InChI=1S/C12H13ClN2O/c13-10-5-8(3-4-16)12-9(6-10)7-15(14-12)11-1-2-11/h5-7,11,16H,1-4H2. The Labute approximate surface area is 98.6 Å². The van der Waals surface area contributed by atoms with Gasteiger partial charge in [-0.3, -0.25) is 4.68 Å². The molecule has 16 heavy (non-hydrogen) atoms. The van der Waals surface area contributed by atoms with Gasteiger partial charge in [-0.25, -0.2) is 0 Å². The van der Waals surface area contributed by atoms with E-state index in [-0.39, 0.29) is 6.61 Å². The lowest BCUT2D eigenvalue weighted by molar-refractivity contribution is 0.300. The Morgan fingerprint density at radius 3 is 2.94 bits per heavy atom. The number of halogens is 1. The Hall–Kier alpha value is -1.06. The molecule has 0 radical (unpaired) electrons. The van der Waals surface area contributed by atoms with Gasteiger partial charge in [0.2, 0.25) is 0 Å². The first-order chi connectivity index (χ1) is 7.78. The molecule has 1 heterocycles. The minimum atomic E-state index is 0.131. The highest BCUT2D eigenvalue weighted by molar-refractivity contribution is 6.31. The van der Waals surface area contributed by atoms with Crippen LogP contribution in [-0.4, -0.2) is 21.5 Å². The first-order valence-corrected chi connectivity index (χ1v) is 5.94. The molecule has 0 atom stereocenters. The number of aromatic nitrogens is 2. The van der Waals surface area contributed by atoms with Crippen LogP contribution in [0.5, 0.6) is 0 Å². The molecule has 0 bridgehead atoms. The predicted octanol–water partition coefficient (Wildman–Crippen LogP) is 2.56. The monoisotopic (exact) mass is 236 g/mol. The maximum atomic E-state index is 9.02. The van der Waals surface area contributed by atoms with Gasteiger partial charge in [-0.05, 0) is 37.0 Å². The lowest BCUT2D eigenvalue weighted by Gasteiger charge is -2.00. The van der Waals surface area contributed by atoms with Gasteiger partial charge < -0.3 is 5.11 Å². The second-order valence-corrected chi connectivity index (χ2v) is 4.75. The van der Waals surface area contributed by atoms with E-state index in [4.69, 9.17) is 16.7 Å². The molecule has 1 saturated carbocycles. The zero-order valence-electron chi connectivity index (χ0n) is 8.86. The lowest BCUT2D eigenvalue weighted by Crippen LogP contribution is -1.95. The summed E-state index contributed by atoms with van der Waals surface area (Å²) in [5.74, 6) is 0. The van der Waals surface area contributed by atoms with Crippen molar-refractivity contribution in [2.24, 2.45) is 0 Å². The van der Waals surface area contributed by atoms with Crippen LogP contribution in [0.15, 0.2) is 18.3 Å². The molecule has 0 spiro atoms. The summed E-state index contributed by atoms with van der Waals surface area (Å²) < 4.78 is 2.03. The molecule has 1 aliphatic rings. The summed E-state index contributed by atoms with van der Waals surface area (Å²) in [6.07, 6.45) is 5.10. The van der Waals surface area contributed by atoms with E-state index in [1.807, 2.05) is 16.8 Å². The molecule has 1 aromatic carbocycles. The van der Waals surface area contributed by atoms with Crippen molar-refractivity contribution in [3.05, 3.63) is 28.9 Å². The van der Waals surface area contributed by atoms with Gasteiger partial charge >= 0.3 is 0 Å². The maximum Gasteiger partial charge on any atom is 0.0957 e. The Balaban J connectivity index is 2.15. The first kappa shape index (κ1) is 10.1. The molecule has 1 aliphatic carbocycles. The van der Waals surface area contributed by atoms with Crippen molar-refractivity contribution in [1.29, 1.82) is 0 Å². The molecule has 1 fully saturated rings. The Kier molecular flexibility index (Phi) is 2.37. The minimum Gasteiger partial charge on any atom is -0.396 e. The van der Waals surface area contributed by atoms with Crippen LogP contribution in [0.3, 0.4) is 0 Å². The number of aliphatic hydroxyl groups is 1. The summed E-state index contributed by atoms with van der Waals surface area (Å²) in [6.45, 7) is 0.131. The largest absolute Gasteiger partial charge is 0.396 e. The van der Waals surface area contributed by atoms with Crippen LogP contribution < -0.4 is 0 Å². The SMILES string of the molecule is OCCc1cc(Cl)cc2cn(C3CC3)nc12. The van der Waals surface area contributed by atoms with Crippen LogP contribution in [0.4, 0.5) is 0 Å². The topological polar surface area (TPSA) is 38.0 Å². The highest BCUT2D eigenvalue weighted by Crippen LogP contribution is 2.36. The summed E-state index contributed by atoms with van der Waals surface area (Å²) >= 11 is 6.05. The zero-order valence-corrected chi connectivity index (χ0v) is 9.61. The number of nitrogens with zero attached hydrogens (tertiary/aromatic N) is 2. The molecule has 0 aliphatic heterocycles. The van der Waals surface area contributed by atoms with Crippen molar-refractivity contribution in [3.63, 3.8) is 0 Å². The van der Waals surface area contributed by atoms with E-state index in [2.05, 4.69) is 11.3 Å². The van der Waals surface area contributed by atoms with E-state index in [0.29, 0.717) is 17.5 Å². The zero-order chi connectivity index (χ0) is 11.1. The lowest BCUT2D eigenvalue weighted by atomic mass is 10.1. The first-order valence-electron chi connectivity index (χ1n) is 5.56. The molecular formula is C12H13ClN2O. The van der Waals surface area contributed by atoms with E-state index in [0.717, 1.165) is 16.5 Å². The Morgan fingerprint density at radius 2 is 2.25 bits per heavy atom. The average Bonchev–Trinajstić information content (AvgIpc) is 3.00. The van der Waals surface area contributed by atoms with E-state index in [9.17, 15) is 0 Å². The molecule has 2 aromatic rings. The normalized spacial score (nSPS) is 15.9. The number of hydrogen-bond donors (Lipinski definition) is 1. The molecule has 1 aromatic heterocycles. The third kappa shape index (κ3) is 1.70. The van der Waals surface area contributed by atoms with Gasteiger partial charge in [0, 0.05) is 23.2 Å². The second kappa shape index (κ2) is 3.75. The molecule has 3 nitrogen and oxygen atoms in total. The van der Waals surface area contributed by atoms with Gasteiger partial charge in [-0.1, -0.05) is 11.6 Å². The van der Waals surface area contributed by atoms with E-state index >= 15 is 0 Å². The average molecular weight is 237 g/mol. The van der Waals surface area contributed by atoms with Gasteiger partial charge in [0.1, 0.15) is 0 Å². The molecule has 1 N–H and O–H groups in total. The smallest absolute Gasteiger partial charge is 0.0957 e.